The summed E-state index contributed by atoms with van der Waals surface area (Å²) in [4.78, 5) is 14.0. The monoisotopic (exact) mass is 265 g/mol. The molecule has 0 aliphatic carbocycles. The van der Waals surface area contributed by atoms with Crippen molar-refractivity contribution in [1.29, 1.82) is 0 Å². The quantitative estimate of drug-likeness (QED) is 0.891. The molecule has 104 valence electrons. The first kappa shape index (κ1) is 14.0. The summed E-state index contributed by atoms with van der Waals surface area (Å²) in [6.07, 6.45) is 0.417. The number of aliphatic hydroxyl groups is 1. The topological polar surface area (TPSA) is 40.5 Å². The Hall–Kier alpha value is -1.42. The van der Waals surface area contributed by atoms with E-state index in [0.717, 1.165) is 11.1 Å². The highest BCUT2D eigenvalue weighted by Gasteiger charge is 2.35. The Labute approximate surface area is 113 Å². The zero-order valence-electron chi connectivity index (χ0n) is 11.4. The van der Waals surface area contributed by atoms with Crippen LogP contribution in [0.4, 0.5) is 4.39 Å². The number of piperidine rings is 1. The average Bonchev–Trinajstić information content (AvgIpc) is 2.42. The summed E-state index contributed by atoms with van der Waals surface area (Å²) in [7, 11) is 0. The minimum absolute atomic E-state index is 0.0527. The second-order valence-electron chi connectivity index (χ2n) is 5.40. The molecular weight excluding hydrogens is 245 g/mol. The molecule has 1 aliphatic rings. The zero-order chi connectivity index (χ0) is 14.0. The predicted octanol–water partition coefficient (Wildman–Crippen LogP) is 2.24. The van der Waals surface area contributed by atoms with Gasteiger partial charge in [0, 0.05) is 31.5 Å². The summed E-state index contributed by atoms with van der Waals surface area (Å²) in [6.45, 7) is 4.24. The first-order valence-corrected chi connectivity index (χ1v) is 6.61. The Morgan fingerprint density at radius 1 is 1.32 bits per heavy atom. The van der Waals surface area contributed by atoms with Crippen LogP contribution in [0.5, 0.6) is 0 Å². The SMILES string of the molecule is Cc1ccc(C(=O)N2CCC(F)(CO)CC2)cc1C. The number of carbonyl (C=O) groups excluding carboxylic acids is 1. The Balaban J connectivity index is 2.07. The lowest BCUT2D eigenvalue weighted by atomic mass is 9.93. The van der Waals surface area contributed by atoms with Crippen molar-refractivity contribution < 1.29 is 14.3 Å². The van der Waals surface area contributed by atoms with E-state index in [1.165, 1.54) is 0 Å². The van der Waals surface area contributed by atoms with Gasteiger partial charge in [0.15, 0.2) is 0 Å². The molecular formula is C15H20FNO2. The van der Waals surface area contributed by atoms with Crippen molar-refractivity contribution in [2.24, 2.45) is 0 Å². The molecule has 0 spiro atoms. The molecule has 4 heteroatoms. The maximum atomic E-state index is 13.9. The van der Waals surface area contributed by atoms with Crippen LogP contribution in [0.15, 0.2) is 18.2 Å². The van der Waals surface area contributed by atoms with Crippen LogP contribution in [-0.2, 0) is 0 Å². The Morgan fingerprint density at radius 2 is 1.95 bits per heavy atom. The molecule has 1 aliphatic heterocycles. The van der Waals surface area contributed by atoms with E-state index in [1.54, 1.807) is 4.90 Å². The number of halogens is 1. The number of aryl methyl sites for hydroxylation is 2. The van der Waals surface area contributed by atoms with Gasteiger partial charge in [0.2, 0.25) is 0 Å². The number of hydrogen-bond donors (Lipinski definition) is 1. The van der Waals surface area contributed by atoms with E-state index in [9.17, 15) is 9.18 Å². The van der Waals surface area contributed by atoms with Crippen LogP contribution in [-0.4, -0.2) is 41.3 Å². The van der Waals surface area contributed by atoms with Gasteiger partial charge >= 0.3 is 0 Å². The number of amides is 1. The molecule has 3 nitrogen and oxygen atoms in total. The van der Waals surface area contributed by atoms with Crippen LogP contribution >= 0.6 is 0 Å². The third kappa shape index (κ3) is 2.95. The van der Waals surface area contributed by atoms with Gasteiger partial charge in [-0.25, -0.2) is 4.39 Å². The molecule has 0 radical (unpaired) electrons. The van der Waals surface area contributed by atoms with E-state index in [4.69, 9.17) is 5.11 Å². The molecule has 1 aromatic carbocycles. The number of rotatable bonds is 2. The maximum absolute atomic E-state index is 13.9. The number of hydrogen-bond acceptors (Lipinski definition) is 2. The highest BCUT2D eigenvalue weighted by molar-refractivity contribution is 5.94. The lowest BCUT2D eigenvalue weighted by molar-refractivity contribution is 0.00992. The molecule has 1 amide bonds. The van der Waals surface area contributed by atoms with Crippen molar-refractivity contribution >= 4 is 5.91 Å². The molecule has 0 atom stereocenters. The summed E-state index contributed by atoms with van der Waals surface area (Å²) in [5.41, 5.74) is 1.37. The first-order valence-electron chi connectivity index (χ1n) is 6.61. The number of likely N-dealkylation sites (tertiary alicyclic amines) is 1. The fraction of sp³-hybridized carbons (Fsp3) is 0.533. The van der Waals surface area contributed by atoms with Crippen molar-refractivity contribution in [3.8, 4) is 0 Å². The highest BCUT2D eigenvalue weighted by atomic mass is 19.1. The van der Waals surface area contributed by atoms with E-state index < -0.39 is 12.3 Å². The van der Waals surface area contributed by atoms with Gasteiger partial charge in [0.05, 0.1) is 6.61 Å². The van der Waals surface area contributed by atoms with Crippen LogP contribution < -0.4 is 0 Å². The number of benzene rings is 1. The van der Waals surface area contributed by atoms with Crippen molar-refractivity contribution in [3.05, 3.63) is 34.9 Å². The molecule has 0 saturated carbocycles. The third-order valence-electron chi connectivity index (χ3n) is 3.98. The van der Waals surface area contributed by atoms with Gasteiger partial charge in [-0.05, 0) is 37.1 Å². The van der Waals surface area contributed by atoms with Crippen LogP contribution in [0.25, 0.3) is 0 Å². The van der Waals surface area contributed by atoms with E-state index in [-0.39, 0.29) is 18.7 Å². The largest absolute Gasteiger partial charge is 0.393 e. The fourth-order valence-electron chi connectivity index (χ4n) is 2.33. The van der Waals surface area contributed by atoms with Crippen molar-refractivity contribution in [2.75, 3.05) is 19.7 Å². The third-order valence-corrected chi connectivity index (χ3v) is 3.98. The summed E-state index contributed by atoms with van der Waals surface area (Å²) in [5, 5.41) is 8.98. The minimum Gasteiger partial charge on any atom is -0.393 e. The Kier molecular flexibility index (Phi) is 3.90. The van der Waals surface area contributed by atoms with E-state index in [1.807, 2.05) is 32.0 Å². The van der Waals surface area contributed by atoms with E-state index >= 15 is 0 Å². The average molecular weight is 265 g/mol. The maximum Gasteiger partial charge on any atom is 0.253 e. The molecule has 1 saturated heterocycles. The summed E-state index contributed by atoms with van der Waals surface area (Å²) in [6, 6.07) is 5.62. The lowest BCUT2D eigenvalue weighted by Crippen LogP contribution is -2.46. The smallest absolute Gasteiger partial charge is 0.253 e. The van der Waals surface area contributed by atoms with Gasteiger partial charge in [-0.15, -0.1) is 0 Å². The summed E-state index contributed by atoms with van der Waals surface area (Å²) in [5.74, 6) is -0.0527. The lowest BCUT2D eigenvalue weighted by Gasteiger charge is -2.35. The van der Waals surface area contributed by atoms with Gasteiger partial charge < -0.3 is 10.0 Å². The predicted molar refractivity (Wildman–Crippen MR) is 72.0 cm³/mol. The van der Waals surface area contributed by atoms with Gasteiger partial charge in [0.1, 0.15) is 5.67 Å². The molecule has 1 aromatic rings. The fourth-order valence-corrected chi connectivity index (χ4v) is 2.33. The van der Waals surface area contributed by atoms with Gasteiger partial charge in [-0.2, -0.15) is 0 Å². The normalized spacial score (nSPS) is 18.4. The second-order valence-corrected chi connectivity index (χ2v) is 5.40. The molecule has 1 N–H and O–H groups in total. The zero-order valence-corrected chi connectivity index (χ0v) is 11.4. The van der Waals surface area contributed by atoms with E-state index in [0.29, 0.717) is 18.7 Å². The van der Waals surface area contributed by atoms with Crippen molar-refractivity contribution in [1.82, 2.24) is 4.90 Å². The van der Waals surface area contributed by atoms with Crippen molar-refractivity contribution in [3.63, 3.8) is 0 Å². The number of alkyl halides is 1. The van der Waals surface area contributed by atoms with Crippen LogP contribution in [0, 0.1) is 13.8 Å². The van der Waals surface area contributed by atoms with E-state index in [2.05, 4.69) is 0 Å². The van der Waals surface area contributed by atoms with Crippen LogP contribution in [0.1, 0.15) is 34.3 Å². The first-order chi connectivity index (χ1) is 8.95. The molecule has 0 unspecified atom stereocenters. The van der Waals surface area contributed by atoms with Crippen LogP contribution in [0.2, 0.25) is 0 Å². The second kappa shape index (κ2) is 5.29. The molecule has 1 heterocycles. The molecule has 1 fully saturated rings. The summed E-state index contributed by atoms with van der Waals surface area (Å²) < 4.78 is 13.9. The highest BCUT2D eigenvalue weighted by Crippen LogP contribution is 2.26. The van der Waals surface area contributed by atoms with Crippen molar-refractivity contribution in [2.45, 2.75) is 32.4 Å². The van der Waals surface area contributed by atoms with Gasteiger partial charge in [0.25, 0.3) is 5.91 Å². The molecule has 0 bridgehead atoms. The number of carbonyl (C=O) groups is 1. The van der Waals surface area contributed by atoms with Gasteiger partial charge in [-0.1, -0.05) is 6.07 Å². The molecule has 19 heavy (non-hydrogen) atoms. The summed E-state index contributed by atoms with van der Waals surface area (Å²) >= 11 is 0. The minimum atomic E-state index is -1.51. The van der Waals surface area contributed by atoms with Crippen LogP contribution in [0.3, 0.4) is 0 Å². The number of aliphatic hydroxyl groups excluding tert-OH is 1. The Bertz CT molecular complexity index is 479. The Morgan fingerprint density at radius 3 is 2.47 bits per heavy atom. The molecule has 0 aromatic heterocycles. The standard InChI is InChI=1S/C15H20FNO2/c1-11-3-4-13(9-12(11)2)14(19)17-7-5-15(16,10-18)6-8-17/h3-4,9,18H,5-8,10H2,1-2H3. The van der Waals surface area contributed by atoms with Gasteiger partial charge in [-0.3, -0.25) is 4.79 Å². The molecule has 2 rings (SSSR count). The number of nitrogens with zero attached hydrogens (tertiary/aromatic N) is 1.